The van der Waals surface area contributed by atoms with E-state index in [1.54, 1.807) is 12.4 Å². The quantitative estimate of drug-likeness (QED) is 0.775. The molecule has 0 aliphatic heterocycles. The number of carbonyl (C=O) groups is 1. The number of pyridine rings is 1. The topological polar surface area (TPSA) is 59.0 Å². The average Bonchev–Trinajstić information content (AvgIpc) is 2.89. The Morgan fingerprint density at radius 3 is 2.95 bits per heavy atom. The van der Waals surface area contributed by atoms with Crippen LogP contribution >= 0.6 is 0 Å². The third-order valence-electron chi connectivity index (χ3n) is 3.35. The van der Waals surface area contributed by atoms with Crippen molar-refractivity contribution in [3.8, 4) is 0 Å². The highest BCUT2D eigenvalue weighted by Gasteiger charge is 2.07. The van der Waals surface area contributed by atoms with Gasteiger partial charge in [0.2, 0.25) is 0 Å². The summed E-state index contributed by atoms with van der Waals surface area (Å²) in [6.07, 6.45) is 5.42. The lowest BCUT2D eigenvalue weighted by Crippen LogP contribution is -2.28. The second kappa shape index (κ2) is 5.66. The number of rotatable bonds is 3. The van der Waals surface area contributed by atoms with Crippen molar-refractivity contribution < 1.29 is 4.79 Å². The summed E-state index contributed by atoms with van der Waals surface area (Å²) in [4.78, 5) is 16.0. The van der Waals surface area contributed by atoms with Gasteiger partial charge in [-0.05, 0) is 29.8 Å². The van der Waals surface area contributed by atoms with Crippen LogP contribution in [-0.2, 0) is 13.6 Å². The van der Waals surface area contributed by atoms with Crippen LogP contribution in [0.15, 0.2) is 55.0 Å². The van der Waals surface area contributed by atoms with Crippen LogP contribution in [-0.4, -0.2) is 15.6 Å². The molecule has 0 radical (unpaired) electrons. The fourth-order valence-electron chi connectivity index (χ4n) is 2.26. The third-order valence-corrected chi connectivity index (χ3v) is 3.35. The predicted molar refractivity (Wildman–Crippen MR) is 83.0 cm³/mol. The van der Waals surface area contributed by atoms with Crippen LogP contribution in [0.2, 0.25) is 0 Å². The number of amides is 2. The van der Waals surface area contributed by atoms with E-state index in [4.69, 9.17) is 0 Å². The number of anilines is 1. The fourth-order valence-corrected chi connectivity index (χ4v) is 2.26. The van der Waals surface area contributed by atoms with Gasteiger partial charge in [0.15, 0.2) is 0 Å². The molecule has 0 bridgehead atoms. The Morgan fingerprint density at radius 2 is 2.14 bits per heavy atom. The van der Waals surface area contributed by atoms with Crippen LogP contribution in [0.5, 0.6) is 0 Å². The number of aryl methyl sites for hydroxylation is 1. The van der Waals surface area contributed by atoms with Gasteiger partial charge in [-0.1, -0.05) is 12.1 Å². The first kappa shape index (κ1) is 13.2. The molecular weight excluding hydrogens is 264 g/mol. The minimum Gasteiger partial charge on any atom is -0.350 e. The van der Waals surface area contributed by atoms with Crippen molar-refractivity contribution in [1.82, 2.24) is 14.9 Å². The minimum absolute atomic E-state index is 0.227. The number of nitrogens with one attached hydrogen (secondary N) is 2. The zero-order chi connectivity index (χ0) is 14.7. The molecule has 3 aromatic rings. The summed E-state index contributed by atoms with van der Waals surface area (Å²) in [6.45, 7) is 0.449. The largest absolute Gasteiger partial charge is 0.350 e. The van der Waals surface area contributed by atoms with Gasteiger partial charge in [-0.25, -0.2) is 4.79 Å². The van der Waals surface area contributed by atoms with Crippen LogP contribution in [0.1, 0.15) is 5.56 Å². The van der Waals surface area contributed by atoms with Crippen molar-refractivity contribution in [1.29, 1.82) is 0 Å². The second-order valence-electron chi connectivity index (χ2n) is 4.83. The molecule has 0 spiro atoms. The van der Waals surface area contributed by atoms with Gasteiger partial charge >= 0.3 is 6.03 Å². The van der Waals surface area contributed by atoms with Crippen molar-refractivity contribution in [2.45, 2.75) is 6.54 Å². The Balaban J connectivity index is 1.69. The Labute approximate surface area is 122 Å². The van der Waals surface area contributed by atoms with Gasteiger partial charge in [0.05, 0.1) is 5.69 Å². The van der Waals surface area contributed by atoms with E-state index in [0.29, 0.717) is 6.54 Å². The van der Waals surface area contributed by atoms with Crippen molar-refractivity contribution in [2.24, 2.45) is 7.05 Å². The Kier molecular flexibility index (Phi) is 3.55. The average molecular weight is 280 g/mol. The van der Waals surface area contributed by atoms with E-state index in [1.165, 1.54) is 0 Å². The highest BCUT2D eigenvalue weighted by Crippen LogP contribution is 2.23. The van der Waals surface area contributed by atoms with E-state index in [2.05, 4.69) is 15.6 Å². The van der Waals surface area contributed by atoms with E-state index in [9.17, 15) is 4.79 Å². The van der Waals surface area contributed by atoms with E-state index in [0.717, 1.165) is 22.2 Å². The zero-order valence-electron chi connectivity index (χ0n) is 11.7. The molecule has 2 heterocycles. The molecule has 21 heavy (non-hydrogen) atoms. The van der Waals surface area contributed by atoms with Gasteiger partial charge in [0.1, 0.15) is 0 Å². The monoisotopic (exact) mass is 280 g/mol. The van der Waals surface area contributed by atoms with Gasteiger partial charge in [0, 0.05) is 43.1 Å². The summed E-state index contributed by atoms with van der Waals surface area (Å²) in [7, 11) is 1.98. The molecule has 0 unspecified atom stereocenters. The molecule has 0 saturated heterocycles. The summed E-state index contributed by atoms with van der Waals surface area (Å²) < 4.78 is 2.02. The smallest absolute Gasteiger partial charge is 0.319 e. The highest BCUT2D eigenvalue weighted by atomic mass is 16.2. The number of fused-ring (bicyclic) bond motifs is 1. The standard InChI is InChI=1S/C16H16N4O/c1-20-9-7-13-14(5-2-6-15(13)20)19-16(21)18-11-12-4-3-8-17-10-12/h2-10H,11H2,1H3,(H2,18,19,21). The summed E-state index contributed by atoms with van der Waals surface area (Å²) in [5.41, 5.74) is 2.85. The summed E-state index contributed by atoms with van der Waals surface area (Å²) in [5.74, 6) is 0. The van der Waals surface area contributed by atoms with Crippen molar-refractivity contribution in [3.63, 3.8) is 0 Å². The maximum atomic E-state index is 12.0. The van der Waals surface area contributed by atoms with E-state index >= 15 is 0 Å². The lowest BCUT2D eigenvalue weighted by molar-refractivity contribution is 0.252. The normalized spacial score (nSPS) is 10.5. The van der Waals surface area contributed by atoms with Crippen molar-refractivity contribution in [3.05, 3.63) is 60.6 Å². The Bertz CT molecular complexity index is 764. The SMILES string of the molecule is Cn1ccc2c(NC(=O)NCc3cccnc3)cccc21. The molecule has 2 aromatic heterocycles. The van der Waals surface area contributed by atoms with Gasteiger partial charge in [-0.15, -0.1) is 0 Å². The molecular formula is C16H16N4O. The number of urea groups is 1. The van der Waals surface area contributed by atoms with E-state index in [1.807, 2.05) is 54.2 Å². The van der Waals surface area contributed by atoms with Gasteiger partial charge in [-0.2, -0.15) is 0 Å². The number of benzene rings is 1. The molecule has 1 aromatic carbocycles. The lowest BCUT2D eigenvalue weighted by atomic mass is 10.2. The first-order valence-corrected chi connectivity index (χ1v) is 6.72. The Hall–Kier alpha value is -2.82. The van der Waals surface area contributed by atoms with E-state index < -0.39 is 0 Å². The number of hydrogen-bond donors (Lipinski definition) is 2. The molecule has 0 atom stereocenters. The Morgan fingerprint density at radius 1 is 1.24 bits per heavy atom. The molecule has 0 fully saturated rings. The fraction of sp³-hybridized carbons (Fsp3) is 0.125. The number of aromatic nitrogens is 2. The predicted octanol–water partition coefficient (Wildman–Crippen LogP) is 2.90. The molecule has 5 nitrogen and oxygen atoms in total. The van der Waals surface area contributed by atoms with Crippen LogP contribution in [0.25, 0.3) is 10.9 Å². The molecule has 0 aliphatic carbocycles. The summed E-state index contributed by atoms with van der Waals surface area (Å²) in [5, 5.41) is 6.73. The number of hydrogen-bond acceptors (Lipinski definition) is 2. The number of nitrogens with zero attached hydrogens (tertiary/aromatic N) is 2. The lowest BCUT2D eigenvalue weighted by Gasteiger charge is -2.09. The molecule has 0 saturated carbocycles. The molecule has 2 amide bonds. The highest BCUT2D eigenvalue weighted by molar-refractivity contribution is 6.00. The van der Waals surface area contributed by atoms with Gasteiger partial charge in [0.25, 0.3) is 0 Å². The second-order valence-corrected chi connectivity index (χ2v) is 4.83. The molecule has 2 N–H and O–H groups in total. The summed E-state index contributed by atoms with van der Waals surface area (Å²) >= 11 is 0. The van der Waals surface area contributed by atoms with Crippen LogP contribution in [0.4, 0.5) is 10.5 Å². The van der Waals surface area contributed by atoms with Crippen LogP contribution in [0.3, 0.4) is 0 Å². The maximum absolute atomic E-state index is 12.0. The van der Waals surface area contributed by atoms with E-state index in [-0.39, 0.29) is 6.03 Å². The molecule has 0 aliphatic rings. The van der Waals surface area contributed by atoms with Crippen LogP contribution in [0, 0.1) is 0 Å². The third kappa shape index (κ3) is 2.86. The van der Waals surface area contributed by atoms with Crippen LogP contribution < -0.4 is 10.6 Å². The molecule has 5 heteroatoms. The first-order chi connectivity index (χ1) is 10.2. The minimum atomic E-state index is -0.227. The number of carbonyl (C=O) groups excluding carboxylic acids is 1. The summed E-state index contributed by atoms with van der Waals surface area (Å²) in [6, 6.07) is 11.4. The zero-order valence-corrected chi connectivity index (χ0v) is 11.7. The molecule has 106 valence electrons. The maximum Gasteiger partial charge on any atom is 0.319 e. The van der Waals surface area contributed by atoms with Crippen molar-refractivity contribution in [2.75, 3.05) is 5.32 Å². The van der Waals surface area contributed by atoms with Gasteiger partial charge < -0.3 is 15.2 Å². The molecule has 3 rings (SSSR count). The first-order valence-electron chi connectivity index (χ1n) is 6.72. The van der Waals surface area contributed by atoms with Gasteiger partial charge in [-0.3, -0.25) is 4.98 Å². The van der Waals surface area contributed by atoms with Crippen molar-refractivity contribution >= 4 is 22.6 Å².